The lowest BCUT2D eigenvalue weighted by molar-refractivity contribution is 0.0174. The van der Waals surface area contributed by atoms with Crippen molar-refractivity contribution in [1.82, 2.24) is 9.88 Å². The summed E-state index contributed by atoms with van der Waals surface area (Å²) in [6, 6.07) is 2.53. The van der Waals surface area contributed by atoms with E-state index in [0.717, 1.165) is 6.92 Å². The molecule has 0 bridgehead atoms. The van der Waals surface area contributed by atoms with E-state index in [1.54, 1.807) is 11.9 Å². The van der Waals surface area contributed by atoms with Crippen molar-refractivity contribution in [2.75, 3.05) is 18.5 Å². The number of rotatable bonds is 2. The molecular weight excluding hydrogens is 275 g/mol. The van der Waals surface area contributed by atoms with Crippen LogP contribution in [0.5, 0.6) is 0 Å². The fourth-order valence-corrected chi connectivity index (χ4v) is 1.90. The van der Waals surface area contributed by atoms with E-state index in [4.69, 9.17) is 0 Å². The summed E-state index contributed by atoms with van der Waals surface area (Å²) < 4.78 is 26.5. The average molecular weight is 293 g/mol. The predicted octanol–water partition coefficient (Wildman–Crippen LogP) is 1.06. The first-order chi connectivity index (χ1) is 8.30. The quantitative estimate of drug-likeness (QED) is 0.885. The summed E-state index contributed by atoms with van der Waals surface area (Å²) in [7, 11) is 1.77. The Bertz CT molecular complexity index is 479. The topological polar surface area (TPSA) is 71.1 Å². The number of aromatic nitrogens is 1. The molecule has 0 saturated carbocycles. The Labute approximate surface area is 114 Å². The molecule has 1 unspecified atom stereocenters. The molecule has 1 saturated heterocycles. The highest BCUT2D eigenvalue weighted by Crippen LogP contribution is 2.31. The molecule has 0 amide bonds. The summed E-state index contributed by atoms with van der Waals surface area (Å²) in [6.45, 7) is 4.99. The molecule has 2 heterocycles. The summed E-state index contributed by atoms with van der Waals surface area (Å²) in [5.41, 5.74) is -0.137. The smallest absolute Gasteiger partial charge is 0.270 e. The van der Waals surface area contributed by atoms with Gasteiger partial charge in [0.05, 0.1) is 6.54 Å². The van der Waals surface area contributed by atoms with Gasteiger partial charge in [-0.1, -0.05) is 6.58 Å². The number of nitrogens with zero attached hydrogens (tertiary/aromatic N) is 3. The van der Waals surface area contributed by atoms with Crippen LogP contribution in [0.3, 0.4) is 0 Å². The molecule has 0 aromatic carbocycles. The second-order valence-corrected chi connectivity index (χ2v) is 4.44. The van der Waals surface area contributed by atoms with Crippen molar-refractivity contribution in [3.8, 4) is 0 Å². The maximum absolute atomic E-state index is 13.3. The van der Waals surface area contributed by atoms with Gasteiger partial charge in [-0.25, -0.2) is 13.8 Å². The molecule has 114 valence electrons. The number of pyridine rings is 1. The van der Waals surface area contributed by atoms with E-state index in [0.29, 0.717) is 12.4 Å². The van der Waals surface area contributed by atoms with Crippen molar-refractivity contribution >= 4 is 5.82 Å². The molecule has 20 heavy (non-hydrogen) atoms. The Morgan fingerprint density at radius 1 is 1.50 bits per heavy atom. The molecule has 1 aromatic heterocycles. The largest absolute Gasteiger partial charge is 0.412 e. The van der Waals surface area contributed by atoms with Crippen molar-refractivity contribution < 1.29 is 24.1 Å². The van der Waals surface area contributed by atoms with Crippen molar-refractivity contribution in [1.29, 1.82) is 0 Å². The molecule has 3 N–H and O–H groups in total. The SMILES string of the molecule is C=C1N(C)CC(O)N1c1cc(C(C)(F)F)ccn1.F.O. The van der Waals surface area contributed by atoms with Crippen LogP contribution in [0, 0.1) is 0 Å². The van der Waals surface area contributed by atoms with Crippen LogP contribution in [0.25, 0.3) is 0 Å². The lowest BCUT2D eigenvalue weighted by Crippen LogP contribution is -2.29. The summed E-state index contributed by atoms with van der Waals surface area (Å²) in [5.74, 6) is -2.13. The number of alkyl halides is 2. The fraction of sp³-hybridized carbons (Fsp3) is 0.417. The van der Waals surface area contributed by atoms with Gasteiger partial charge in [0.1, 0.15) is 11.6 Å². The van der Waals surface area contributed by atoms with Crippen molar-refractivity contribution in [2.24, 2.45) is 0 Å². The minimum absolute atomic E-state index is 0. The van der Waals surface area contributed by atoms with E-state index in [-0.39, 0.29) is 21.6 Å². The zero-order chi connectivity index (χ0) is 13.5. The molecule has 5 nitrogen and oxygen atoms in total. The van der Waals surface area contributed by atoms with Gasteiger partial charge in [-0.2, -0.15) is 0 Å². The molecule has 1 fully saturated rings. The van der Waals surface area contributed by atoms with Crippen molar-refractivity contribution in [3.05, 3.63) is 36.3 Å². The third kappa shape index (κ3) is 3.20. The Morgan fingerprint density at radius 2 is 2.10 bits per heavy atom. The van der Waals surface area contributed by atoms with Gasteiger partial charge in [0.25, 0.3) is 5.92 Å². The Morgan fingerprint density at radius 3 is 2.55 bits per heavy atom. The van der Waals surface area contributed by atoms with Gasteiger partial charge in [0.2, 0.25) is 0 Å². The lowest BCUT2D eigenvalue weighted by Gasteiger charge is -2.23. The van der Waals surface area contributed by atoms with E-state index in [1.165, 1.54) is 23.2 Å². The van der Waals surface area contributed by atoms with Gasteiger partial charge < -0.3 is 15.5 Å². The van der Waals surface area contributed by atoms with Gasteiger partial charge >= 0.3 is 0 Å². The number of aliphatic hydroxyl groups is 1. The normalized spacial score (nSPS) is 18.6. The lowest BCUT2D eigenvalue weighted by atomic mass is 10.1. The van der Waals surface area contributed by atoms with Gasteiger partial charge in [-0.3, -0.25) is 9.60 Å². The second-order valence-electron chi connectivity index (χ2n) is 4.44. The standard InChI is InChI=1S/C12H15F2N3O.FH.H2O/c1-8-16(3)7-11(18)17(8)10-6-9(4-5-15-10)12(2,13)14;;/h4-6,11,18H,1,7H2,2-3H3;1H;1H2. The highest BCUT2D eigenvalue weighted by Gasteiger charge is 2.32. The van der Waals surface area contributed by atoms with Gasteiger partial charge in [0.15, 0.2) is 6.23 Å². The summed E-state index contributed by atoms with van der Waals surface area (Å²) in [5, 5.41) is 9.87. The average Bonchev–Trinajstić information content (AvgIpc) is 2.52. The van der Waals surface area contributed by atoms with Crippen LogP contribution in [0.4, 0.5) is 19.3 Å². The molecule has 0 aliphatic carbocycles. The van der Waals surface area contributed by atoms with Crippen LogP contribution < -0.4 is 4.90 Å². The molecule has 1 atom stereocenters. The second kappa shape index (κ2) is 6.10. The number of hydrogen-bond donors (Lipinski definition) is 1. The fourth-order valence-electron chi connectivity index (χ4n) is 1.90. The van der Waals surface area contributed by atoms with E-state index in [9.17, 15) is 13.9 Å². The van der Waals surface area contributed by atoms with Crippen LogP contribution in [-0.4, -0.2) is 40.3 Å². The predicted molar refractivity (Wildman–Crippen MR) is 70.2 cm³/mol. The zero-order valence-electron chi connectivity index (χ0n) is 11.2. The molecule has 2 rings (SSSR count). The summed E-state index contributed by atoms with van der Waals surface area (Å²) in [4.78, 5) is 7.19. The number of likely N-dealkylation sites (N-methyl/N-ethyl adjacent to an activating group) is 1. The molecule has 1 aliphatic heterocycles. The highest BCUT2D eigenvalue weighted by atomic mass is 19.3. The van der Waals surface area contributed by atoms with Gasteiger partial charge in [-0.05, 0) is 12.1 Å². The first kappa shape index (κ1) is 18.2. The van der Waals surface area contributed by atoms with Crippen LogP contribution in [0.1, 0.15) is 12.5 Å². The monoisotopic (exact) mass is 293 g/mol. The van der Waals surface area contributed by atoms with Crippen LogP contribution in [0.15, 0.2) is 30.7 Å². The zero-order valence-corrected chi connectivity index (χ0v) is 11.2. The first-order valence-corrected chi connectivity index (χ1v) is 5.52. The molecule has 0 radical (unpaired) electrons. The van der Waals surface area contributed by atoms with E-state index in [2.05, 4.69) is 11.6 Å². The Hall–Kier alpha value is -1.80. The third-order valence-corrected chi connectivity index (χ3v) is 2.95. The summed E-state index contributed by atoms with van der Waals surface area (Å²) in [6.07, 6.45) is 0.483. The van der Waals surface area contributed by atoms with Crippen molar-refractivity contribution in [2.45, 2.75) is 19.1 Å². The number of anilines is 1. The minimum atomic E-state index is -2.93. The van der Waals surface area contributed by atoms with Crippen LogP contribution >= 0.6 is 0 Å². The third-order valence-electron chi connectivity index (χ3n) is 2.95. The number of β-amino-alcohol motifs (C(OH)–C–C–N with tert-alkyl or cyclic N) is 1. The maximum Gasteiger partial charge on any atom is 0.270 e. The number of aliphatic hydroxyl groups excluding tert-OH is 1. The van der Waals surface area contributed by atoms with E-state index < -0.39 is 12.2 Å². The van der Waals surface area contributed by atoms with Crippen molar-refractivity contribution in [3.63, 3.8) is 0 Å². The van der Waals surface area contributed by atoms with Crippen LogP contribution in [-0.2, 0) is 5.92 Å². The number of hydrogen-bond acceptors (Lipinski definition) is 4. The molecule has 8 heteroatoms. The van der Waals surface area contributed by atoms with E-state index in [1.807, 2.05) is 0 Å². The first-order valence-electron chi connectivity index (χ1n) is 5.52. The molecule has 0 spiro atoms. The van der Waals surface area contributed by atoms with Crippen LogP contribution in [0.2, 0.25) is 0 Å². The maximum atomic E-state index is 13.3. The summed E-state index contributed by atoms with van der Waals surface area (Å²) >= 11 is 0. The molecular formula is C12H18F3N3O2. The van der Waals surface area contributed by atoms with Gasteiger partial charge in [-0.15, -0.1) is 0 Å². The van der Waals surface area contributed by atoms with Gasteiger partial charge in [0, 0.05) is 25.7 Å². The van der Waals surface area contributed by atoms with E-state index >= 15 is 0 Å². The Balaban J connectivity index is 0.00000180. The number of halogens is 3. The highest BCUT2D eigenvalue weighted by molar-refractivity contribution is 5.49. The minimum Gasteiger partial charge on any atom is -0.412 e. The molecule has 1 aromatic rings. The Kier molecular flexibility index (Phi) is 5.55. The molecule has 1 aliphatic rings.